The van der Waals surface area contributed by atoms with Crippen LogP contribution in [0.1, 0.15) is 32.3 Å². The van der Waals surface area contributed by atoms with Crippen molar-refractivity contribution in [2.24, 2.45) is 4.99 Å². The van der Waals surface area contributed by atoms with Crippen LogP contribution in [0.5, 0.6) is 5.75 Å². The number of guanidine groups is 1. The molecule has 0 bridgehead atoms. The standard InChI is InChI=1S/C20H26N4O4/c1-20(2)18(26)22-19-21-16-6-5-15(12-14(16)13-24(19)20)28-9-3-4-17(25)23-7-10-27-11-8-23/h5-6,12H,3-4,7-11,13H2,1-2H3,(H,21,22,26). The van der Waals surface area contributed by atoms with Crippen LogP contribution < -0.4 is 10.1 Å². The minimum atomic E-state index is -0.618. The van der Waals surface area contributed by atoms with E-state index in [-0.39, 0.29) is 11.8 Å². The zero-order valence-electron chi connectivity index (χ0n) is 16.4. The molecule has 1 aromatic carbocycles. The summed E-state index contributed by atoms with van der Waals surface area (Å²) in [5.74, 6) is 1.48. The highest BCUT2D eigenvalue weighted by molar-refractivity contribution is 6.09. The number of benzene rings is 1. The topological polar surface area (TPSA) is 83.5 Å². The lowest BCUT2D eigenvalue weighted by Crippen LogP contribution is -2.44. The molecule has 0 spiro atoms. The van der Waals surface area contributed by atoms with Gasteiger partial charge in [-0.25, -0.2) is 4.99 Å². The smallest absolute Gasteiger partial charge is 0.252 e. The maximum Gasteiger partial charge on any atom is 0.252 e. The van der Waals surface area contributed by atoms with E-state index in [1.165, 1.54) is 0 Å². The first-order valence-corrected chi connectivity index (χ1v) is 9.74. The third-order valence-corrected chi connectivity index (χ3v) is 5.48. The quantitative estimate of drug-likeness (QED) is 0.774. The number of morpholine rings is 1. The predicted molar refractivity (Wildman–Crippen MR) is 103 cm³/mol. The van der Waals surface area contributed by atoms with Crippen molar-refractivity contribution in [1.82, 2.24) is 15.1 Å². The Hall–Kier alpha value is -2.61. The van der Waals surface area contributed by atoms with E-state index in [4.69, 9.17) is 9.47 Å². The zero-order valence-corrected chi connectivity index (χ0v) is 16.4. The van der Waals surface area contributed by atoms with E-state index >= 15 is 0 Å². The maximum atomic E-state index is 12.2. The van der Waals surface area contributed by atoms with Gasteiger partial charge in [-0.3, -0.25) is 14.9 Å². The highest BCUT2D eigenvalue weighted by atomic mass is 16.5. The molecule has 2 amide bonds. The van der Waals surface area contributed by atoms with Gasteiger partial charge in [-0.2, -0.15) is 0 Å². The van der Waals surface area contributed by atoms with Gasteiger partial charge in [0.2, 0.25) is 11.9 Å². The first-order chi connectivity index (χ1) is 13.4. The summed E-state index contributed by atoms with van der Waals surface area (Å²) in [7, 11) is 0. The fourth-order valence-electron chi connectivity index (χ4n) is 3.63. The second-order valence-corrected chi connectivity index (χ2v) is 7.77. The van der Waals surface area contributed by atoms with Crippen LogP contribution in [0.25, 0.3) is 0 Å². The van der Waals surface area contributed by atoms with Crippen LogP contribution in [0, 0.1) is 0 Å². The molecule has 0 atom stereocenters. The number of fused-ring (bicyclic) bond motifs is 2. The molecule has 0 unspecified atom stereocenters. The number of hydrogen-bond donors (Lipinski definition) is 1. The van der Waals surface area contributed by atoms with Crippen molar-refractivity contribution in [2.75, 3.05) is 32.9 Å². The van der Waals surface area contributed by atoms with E-state index < -0.39 is 5.54 Å². The van der Waals surface area contributed by atoms with E-state index in [1.807, 2.05) is 41.8 Å². The summed E-state index contributed by atoms with van der Waals surface area (Å²) in [6.45, 7) is 7.47. The lowest BCUT2D eigenvalue weighted by Gasteiger charge is -2.32. The Balaban J connectivity index is 1.32. The number of ether oxygens (including phenoxy) is 2. The molecule has 3 aliphatic heterocycles. The molecule has 8 nitrogen and oxygen atoms in total. The van der Waals surface area contributed by atoms with Crippen molar-refractivity contribution < 1.29 is 19.1 Å². The van der Waals surface area contributed by atoms with E-state index in [0.29, 0.717) is 58.3 Å². The van der Waals surface area contributed by atoms with Gasteiger partial charge in [0.15, 0.2) is 0 Å². The highest BCUT2D eigenvalue weighted by Gasteiger charge is 2.45. The van der Waals surface area contributed by atoms with E-state index in [2.05, 4.69) is 10.3 Å². The minimum Gasteiger partial charge on any atom is -0.494 e. The summed E-state index contributed by atoms with van der Waals surface area (Å²) in [6, 6.07) is 5.76. The summed E-state index contributed by atoms with van der Waals surface area (Å²) in [4.78, 5) is 32.7. The summed E-state index contributed by atoms with van der Waals surface area (Å²) >= 11 is 0. The number of carbonyl (C=O) groups is 2. The van der Waals surface area contributed by atoms with Crippen molar-refractivity contribution in [1.29, 1.82) is 0 Å². The lowest BCUT2D eigenvalue weighted by atomic mass is 10.0. The fraction of sp³-hybridized carbons (Fsp3) is 0.550. The van der Waals surface area contributed by atoms with Crippen LogP contribution in [0.15, 0.2) is 23.2 Å². The van der Waals surface area contributed by atoms with Crippen molar-refractivity contribution in [3.8, 4) is 5.75 Å². The Kier molecular flexibility index (Phi) is 4.97. The molecule has 0 radical (unpaired) electrons. The van der Waals surface area contributed by atoms with Crippen LogP contribution in [-0.4, -0.2) is 66.0 Å². The molecule has 2 fully saturated rings. The molecule has 8 heteroatoms. The molecule has 0 aliphatic carbocycles. The Morgan fingerprint density at radius 2 is 2.11 bits per heavy atom. The summed E-state index contributed by atoms with van der Waals surface area (Å²) in [5, 5.41) is 2.84. The fourth-order valence-corrected chi connectivity index (χ4v) is 3.63. The summed E-state index contributed by atoms with van der Waals surface area (Å²) in [6.07, 6.45) is 1.15. The molecule has 3 aliphatic rings. The predicted octanol–water partition coefficient (Wildman–Crippen LogP) is 1.42. The van der Waals surface area contributed by atoms with Crippen molar-refractivity contribution in [3.05, 3.63) is 23.8 Å². The molecular weight excluding hydrogens is 360 g/mol. The molecule has 0 saturated carbocycles. The van der Waals surface area contributed by atoms with Gasteiger partial charge in [-0.15, -0.1) is 0 Å². The Morgan fingerprint density at radius 3 is 2.89 bits per heavy atom. The Bertz CT molecular complexity index is 814. The second kappa shape index (κ2) is 7.43. The van der Waals surface area contributed by atoms with Gasteiger partial charge in [-0.05, 0) is 38.5 Å². The first kappa shape index (κ1) is 18.7. The van der Waals surface area contributed by atoms with Crippen LogP contribution in [0.2, 0.25) is 0 Å². The number of nitrogens with zero attached hydrogens (tertiary/aromatic N) is 3. The Morgan fingerprint density at radius 1 is 1.32 bits per heavy atom. The third kappa shape index (κ3) is 3.56. The lowest BCUT2D eigenvalue weighted by molar-refractivity contribution is -0.135. The largest absolute Gasteiger partial charge is 0.494 e. The molecule has 1 aromatic rings. The molecule has 0 aromatic heterocycles. The van der Waals surface area contributed by atoms with E-state index in [0.717, 1.165) is 17.0 Å². The van der Waals surface area contributed by atoms with Crippen molar-refractivity contribution in [2.45, 2.75) is 38.8 Å². The van der Waals surface area contributed by atoms with Crippen LogP contribution >= 0.6 is 0 Å². The second-order valence-electron chi connectivity index (χ2n) is 7.77. The van der Waals surface area contributed by atoms with Crippen molar-refractivity contribution in [3.63, 3.8) is 0 Å². The van der Waals surface area contributed by atoms with Crippen molar-refractivity contribution >= 4 is 23.5 Å². The SMILES string of the molecule is CC1(C)C(=O)NC2=Nc3ccc(OCCCC(=O)N4CCOCC4)cc3CN21. The van der Waals surface area contributed by atoms with Crippen LogP contribution in [0.4, 0.5) is 5.69 Å². The van der Waals surface area contributed by atoms with Gasteiger partial charge in [0.05, 0.1) is 25.5 Å². The van der Waals surface area contributed by atoms with E-state index in [9.17, 15) is 9.59 Å². The monoisotopic (exact) mass is 386 g/mol. The summed E-state index contributed by atoms with van der Waals surface area (Å²) < 4.78 is 11.1. The molecule has 3 heterocycles. The molecule has 2 saturated heterocycles. The average molecular weight is 386 g/mol. The molecule has 28 heavy (non-hydrogen) atoms. The summed E-state index contributed by atoms with van der Waals surface area (Å²) in [5.41, 5.74) is 1.25. The van der Waals surface area contributed by atoms with Crippen LogP contribution in [-0.2, 0) is 20.9 Å². The molecular formula is C20H26N4O4. The van der Waals surface area contributed by atoms with Gasteiger partial charge >= 0.3 is 0 Å². The first-order valence-electron chi connectivity index (χ1n) is 9.74. The number of aliphatic imine (C=N–C) groups is 1. The van der Waals surface area contributed by atoms with Crippen LogP contribution in [0.3, 0.4) is 0 Å². The van der Waals surface area contributed by atoms with Gasteiger partial charge in [-0.1, -0.05) is 0 Å². The molecule has 4 rings (SSSR count). The maximum absolute atomic E-state index is 12.2. The molecule has 1 N–H and O–H groups in total. The van der Waals surface area contributed by atoms with E-state index in [1.54, 1.807) is 0 Å². The van der Waals surface area contributed by atoms with Gasteiger partial charge in [0, 0.05) is 31.6 Å². The zero-order chi connectivity index (χ0) is 19.7. The Labute approximate surface area is 164 Å². The minimum absolute atomic E-state index is 0.0412. The number of rotatable bonds is 5. The highest BCUT2D eigenvalue weighted by Crippen LogP contribution is 2.34. The number of carbonyl (C=O) groups excluding carboxylic acids is 2. The normalized spacial score (nSPS) is 20.2. The molecule has 150 valence electrons. The van der Waals surface area contributed by atoms with Gasteiger partial charge < -0.3 is 19.3 Å². The average Bonchev–Trinajstić information content (AvgIpc) is 2.92. The number of hydrogen-bond acceptors (Lipinski definition) is 6. The number of nitrogens with one attached hydrogen (secondary N) is 1. The van der Waals surface area contributed by atoms with Gasteiger partial charge in [0.1, 0.15) is 11.3 Å². The number of amides is 2. The van der Waals surface area contributed by atoms with Gasteiger partial charge in [0.25, 0.3) is 5.91 Å². The third-order valence-electron chi connectivity index (χ3n) is 5.48.